The number of aryl methyl sites for hydroxylation is 1. The summed E-state index contributed by atoms with van der Waals surface area (Å²) in [6.07, 6.45) is 3.91. The van der Waals surface area contributed by atoms with Crippen LogP contribution in [0.3, 0.4) is 0 Å². The summed E-state index contributed by atoms with van der Waals surface area (Å²) < 4.78 is 11.1. The average Bonchev–Trinajstić information content (AvgIpc) is 3.97. The number of hydrogen-bond acceptors (Lipinski definition) is 11. The first-order valence-electron chi connectivity index (χ1n) is 16.4. The molecule has 2 aromatic carbocycles. The number of hydrogen-bond donors (Lipinski definition) is 5. The highest BCUT2D eigenvalue weighted by Gasteiger charge is 2.32. The lowest BCUT2D eigenvalue weighted by molar-refractivity contribution is -0.124. The van der Waals surface area contributed by atoms with Gasteiger partial charge in [-0.3, -0.25) is 45.2 Å². The minimum Gasteiger partial charge on any atom is -0.497 e. The summed E-state index contributed by atoms with van der Waals surface area (Å²) in [5.41, 5.74) is 3.78. The van der Waals surface area contributed by atoms with Crippen molar-refractivity contribution in [2.45, 2.75) is 31.3 Å². The Balaban J connectivity index is 0.890. The van der Waals surface area contributed by atoms with Crippen molar-refractivity contribution in [1.82, 2.24) is 40.3 Å². The zero-order valence-corrected chi connectivity index (χ0v) is 27.9. The van der Waals surface area contributed by atoms with Crippen LogP contribution in [0, 0.1) is 0 Å². The largest absolute Gasteiger partial charge is 0.497 e. The van der Waals surface area contributed by atoms with Crippen molar-refractivity contribution in [3.05, 3.63) is 108 Å². The summed E-state index contributed by atoms with van der Waals surface area (Å²) in [5, 5.41) is 21.9. The summed E-state index contributed by atoms with van der Waals surface area (Å²) in [5.74, 6) is 0.784. The second kappa shape index (κ2) is 15.4. The maximum atomic E-state index is 13.1. The van der Waals surface area contributed by atoms with Crippen LogP contribution in [0.15, 0.2) is 91.3 Å². The highest BCUT2D eigenvalue weighted by atomic mass is 16.5. The van der Waals surface area contributed by atoms with Crippen LogP contribution in [-0.4, -0.2) is 77.9 Å². The van der Waals surface area contributed by atoms with Crippen molar-refractivity contribution in [1.29, 1.82) is 0 Å². The number of pyridine rings is 2. The molecule has 1 aliphatic heterocycles. The third kappa shape index (κ3) is 8.14. The lowest BCUT2D eigenvalue weighted by Crippen LogP contribution is -2.27. The maximum Gasteiger partial charge on any atom is 0.258 e. The molecule has 2 atom stereocenters. The number of nitrogens with one attached hydrogen (secondary N) is 5. The number of nitrogens with zero attached hydrogens (tertiary/aromatic N) is 6. The van der Waals surface area contributed by atoms with Gasteiger partial charge in [-0.2, -0.15) is 9.97 Å². The Morgan fingerprint density at radius 2 is 1.63 bits per heavy atom. The second-order valence-corrected chi connectivity index (χ2v) is 11.9. The number of aromatic amines is 2. The van der Waals surface area contributed by atoms with Gasteiger partial charge in [-0.15, -0.1) is 10.2 Å². The summed E-state index contributed by atoms with van der Waals surface area (Å²) in [4.78, 5) is 55.9. The molecule has 5 heterocycles. The van der Waals surface area contributed by atoms with Crippen molar-refractivity contribution >= 4 is 35.3 Å². The number of amides is 3. The molecule has 0 bridgehead atoms. The van der Waals surface area contributed by atoms with E-state index in [1.807, 2.05) is 36.4 Å². The van der Waals surface area contributed by atoms with Gasteiger partial charge >= 0.3 is 0 Å². The molecule has 0 spiro atoms. The van der Waals surface area contributed by atoms with E-state index in [2.05, 4.69) is 56.3 Å². The fourth-order valence-electron chi connectivity index (χ4n) is 5.60. The number of carbonyl (C=O) groups is 3. The standard InChI is InChI=1S/C36H33N11O5/c1-51-26-9-4-6-21(16-26)11-14-30(48)40-35-41-32(45-46-35)28-13-12-23(19-38-28)24-18-29(52-20-24)34(50)39-25-8-5-7-22(17-25)33(49)43-36-42-31(44-47-36)27-10-2-3-15-37-27/h2-10,12-13,15-17,19,24,29H,11,14,18,20H2,1H3,(H,39,50)(H2,40,41,45,46,48)(H2,42,43,44,47,49). The van der Waals surface area contributed by atoms with Crippen molar-refractivity contribution in [2.75, 3.05) is 29.7 Å². The van der Waals surface area contributed by atoms with Crippen LogP contribution < -0.4 is 20.7 Å². The van der Waals surface area contributed by atoms with Gasteiger partial charge in [-0.1, -0.05) is 30.3 Å². The van der Waals surface area contributed by atoms with E-state index in [9.17, 15) is 14.4 Å². The van der Waals surface area contributed by atoms with E-state index in [0.717, 1.165) is 16.9 Å². The molecule has 1 saturated heterocycles. The molecule has 262 valence electrons. The summed E-state index contributed by atoms with van der Waals surface area (Å²) >= 11 is 0. The number of rotatable bonds is 12. The molecule has 1 fully saturated rings. The van der Waals surface area contributed by atoms with E-state index >= 15 is 0 Å². The minimum absolute atomic E-state index is 0.0547. The van der Waals surface area contributed by atoms with E-state index in [1.54, 1.807) is 62.0 Å². The number of methoxy groups -OCH3 is 1. The Kier molecular flexibility index (Phi) is 9.97. The molecule has 0 radical (unpaired) electrons. The van der Waals surface area contributed by atoms with Crippen LogP contribution >= 0.6 is 0 Å². The molecule has 0 aliphatic carbocycles. The molecule has 16 nitrogen and oxygen atoms in total. The molecular weight excluding hydrogens is 666 g/mol. The van der Waals surface area contributed by atoms with Gasteiger partial charge in [-0.25, -0.2) is 0 Å². The normalized spacial score (nSPS) is 15.2. The van der Waals surface area contributed by atoms with E-state index in [1.165, 1.54) is 0 Å². The molecule has 16 heteroatoms. The molecule has 1 aliphatic rings. The molecular formula is C36H33N11O5. The number of H-pyrrole nitrogens is 2. The monoisotopic (exact) mass is 699 g/mol. The fraction of sp³-hybridized carbons (Fsp3) is 0.194. The first-order chi connectivity index (χ1) is 25.4. The van der Waals surface area contributed by atoms with E-state index < -0.39 is 12.0 Å². The van der Waals surface area contributed by atoms with Crippen LogP contribution in [0.4, 0.5) is 17.6 Å². The lowest BCUT2D eigenvalue weighted by Gasteiger charge is -2.12. The predicted octanol–water partition coefficient (Wildman–Crippen LogP) is 4.39. The summed E-state index contributed by atoms with van der Waals surface area (Å²) in [7, 11) is 1.60. The lowest BCUT2D eigenvalue weighted by atomic mass is 9.97. The molecule has 4 aromatic heterocycles. The number of aromatic nitrogens is 8. The van der Waals surface area contributed by atoms with Crippen molar-refractivity contribution in [2.24, 2.45) is 0 Å². The minimum atomic E-state index is -0.690. The first kappa shape index (κ1) is 33.7. The smallest absolute Gasteiger partial charge is 0.258 e. The van der Waals surface area contributed by atoms with Gasteiger partial charge in [0.1, 0.15) is 23.2 Å². The third-order valence-electron chi connectivity index (χ3n) is 8.31. The van der Waals surface area contributed by atoms with Gasteiger partial charge in [0.25, 0.3) is 11.8 Å². The Bertz CT molecular complexity index is 2190. The molecule has 6 aromatic rings. The molecule has 3 amide bonds. The predicted molar refractivity (Wildman–Crippen MR) is 189 cm³/mol. The molecule has 52 heavy (non-hydrogen) atoms. The van der Waals surface area contributed by atoms with Crippen LogP contribution in [0.5, 0.6) is 5.75 Å². The second-order valence-electron chi connectivity index (χ2n) is 11.9. The van der Waals surface area contributed by atoms with Crippen LogP contribution in [0.1, 0.15) is 40.2 Å². The van der Waals surface area contributed by atoms with Crippen LogP contribution in [0.2, 0.25) is 0 Å². The Morgan fingerprint density at radius 1 is 0.846 bits per heavy atom. The third-order valence-corrected chi connectivity index (χ3v) is 8.31. The summed E-state index contributed by atoms with van der Waals surface area (Å²) in [6, 6.07) is 23.2. The summed E-state index contributed by atoms with van der Waals surface area (Å²) in [6.45, 7) is 0.340. The van der Waals surface area contributed by atoms with Gasteiger partial charge in [0.2, 0.25) is 17.8 Å². The Morgan fingerprint density at radius 3 is 2.38 bits per heavy atom. The molecule has 2 unspecified atom stereocenters. The van der Waals surface area contributed by atoms with Crippen molar-refractivity contribution < 1.29 is 23.9 Å². The van der Waals surface area contributed by atoms with E-state index in [-0.39, 0.29) is 36.0 Å². The van der Waals surface area contributed by atoms with E-state index in [4.69, 9.17) is 9.47 Å². The highest BCUT2D eigenvalue weighted by Crippen LogP contribution is 2.30. The maximum absolute atomic E-state index is 13.1. The van der Waals surface area contributed by atoms with E-state index in [0.29, 0.717) is 53.7 Å². The fourth-order valence-corrected chi connectivity index (χ4v) is 5.60. The topological polar surface area (TPSA) is 215 Å². The van der Waals surface area contributed by atoms with Crippen molar-refractivity contribution in [3.8, 4) is 28.8 Å². The van der Waals surface area contributed by atoms with Gasteiger partial charge in [-0.05, 0) is 72.5 Å². The van der Waals surface area contributed by atoms with Gasteiger partial charge < -0.3 is 14.8 Å². The van der Waals surface area contributed by atoms with Crippen molar-refractivity contribution in [3.63, 3.8) is 0 Å². The van der Waals surface area contributed by atoms with Gasteiger partial charge in [0, 0.05) is 36.0 Å². The quantitative estimate of drug-likeness (QED) is 0.121. The number of ether oxygens (including phenoxy) is 2. The number of carbonyl (C=O) groups excluding carboxylic acids is 3. The highest BCUT2D eigenvalue weighted by molar-refractivity contribution is 6.04. The van der Waals surface area contributed by atoms with Crippen LogP contribution in [-0.2, 0) is 20.7 Å². The van der Waals surface area contributed by atoms with Gasteiger partial charge in [0.05, 0.1) is 13.7 Å². The zero-order chi connectivity index (χ0) is 35.9. The molecule has 5 N–H and O–H groups in total. The average molecular weight is 700 g/mol. The Hall–Kier alpha value is -6.81. The molecule has 0 saturated carbocycles. The van der Waals surface area contributed by atoms with Gasteiger partial charge in [0.15, 0.2) is 11.6 Å². The Labute approximate surface area is 296 Å². The number of benzene rings is 2. The first-order valence-corrected chi connectivity index (χ1v) is 16.4. The van der Waals surface area contributed by atoms with Crippen LogP contribution in [0.25, 0.3) is 23.0 Å². The number of anilines is 3. The SMILES string of the molecule is COc1cccc(CCC(=O)Nc2n[nH]c(-c3ccc(C4COC(C(=O)Nc5cccc(C(=O)Nc6n[nH]c(-c7ccccn7)n6)c5)C4)cn3)n2)c1. The molecule has 7 rings (SSSR count). The zero-order valence-electron chi connectivity index (χ0n) is 27.9.